The fourth-order valence-corrected chi connectivity index (χ4v) is 1.07. The summed E-state index contributed by atoms with van der Waals surface area (Å²) in [6.45, 7) is 2.11. The molecule has 0 saturated carbocycles. The van der Waals surface area contributed by atoms with Crippen molar-refractivity contribution < 1.29 is 15.3 Å². The van der Waals surface area contributed by atoms with Crippen molar-refractivity contribution in [3.63, 3.8) is 0 Å². The summed E-state index contributed by atoms with van der Waals surface area (Å²) in [5.41, 5.74) is 0. The van der Waals surface area contributed by atoms with Crippen molar-refractivity contribution in [3.8, 4) is 0 Å². The molecule has 1 rings (SSSR count). The van der Waals surface area contributed by atoms with Crippen LogP contribution in [0.3, 0.4) is 0 Å². The molecule has 0 aromatic heterocycles. The van der Waals surface area contributed by atoms with Gasteiger partial charge in [-0.15, -0.1) is 0 Å². The number of rotatable bonds is 0. The van der Waals surface area contributed by atoms with Crippen LogP contribution in [0.1, 0.15) is 6.92 Å². The maximum absolute atomic E-state index is 9.14. The predicted molar refractivity (Wildman–Crippen MR) is 35.5 cm³/mol. The molecule has 60 valence electrons. The van der Waals surface area contributed by atoms with Gasteiger partial charge in [0.1, 0.15) is 6.10 Å². The molecule has 0 amide bonds. The SMILES string of the molecule is C[C@H]1NC[C@H](O)[C@H](O)[C@H]1O. The Bertz CT molecular complexity index is 106. The van der Waals surface area contributed by atoms with Crippen LogP contribution < -0.4 is 5.32 Å². The van der Waals surface area contributed by atoms with Gasteiger partial charge in [-0.25, -0.2) is 0 Å². The van der Waals surface area contributed by atoms with Gasteiger partial charge < -0.3 is 20.6 Å². The summed E-state index contributed by atoms with van der Waals surface area (Å²) in [4.78, 5) is 0. The van der Waals surface area contributed by atoms with Gasteiger partial charge in [-0.05, 0) is 6.92 Å². The number of piperidine rings is 1. The average molecular weight is 147 g/mol. The second kappa shape index (κ2) is 2.84. The van der Waals surface area contributed by atoms with Gasteiger partial charge in [0.05, 0.1) is 12.2 Å². The average Bonchev–Trinajstić information content (AvgIpc) is 1.93. The standard InChI is InChI=1S/C6H13NO3/c1-3-5(9)6(10)4(8)2-7-3/h3-10H,2H2,1H3/t3-,4+,5+,6+/m1/s1. The first-order chi connectivity index (χ1) is 4.63. The van der Waals surface area contributed by atoms with Gasteiger partial charge in [0, 0.05) is 12.6 Å². The van der Waals surface area contributed by atoms with Crippen LogP contribution in [-0.4, -0.2) is 46.2 Å². The van der Waals surface area contributed by atoms with Gasteiger partial charge in [-0.2, -0.15) is 0 Å². The molecule has 4 heteroatoms. The van der Waals surface area contributed by atoms with E-state index in [2.05, 4.69) is 5.32 Å². The lowest BCUT2D eigenvalue weighted by Crippen LogP contribution is -2.58. The van der Waals surface area contributed by atoms with Crippen molar-refractivity contribution in [3.05, 3.63) is 0 Å². The van der Waals surface area contributed by atoms with E-state index in [-0.39, 0.29) is 6.04 Å². The van der Waals surface area contributed by atoms with Crippen LogP contribution in [0.4, 0.5) is 0 Å². The van der Waals surface area contributed by atoms with E-state index in [1.807, 2.05) is 0 Å². The Morgan fingerprint density at radius 2 is 1.80 bits per heavy atom. The van der Waals surface area contributed by atoms with Crippen LogP contribution in [0, 0.1) is 0 Å². The van der Waals surface area contributed by atoms with E-state index < -0.39 is 18.3 Å². The first-order valence-electron chi connectivity index (χ1n) is 3.40. The van der Waals surface area contributed by atoms with Crippen LogP contribution in [-0.2, 0) is 0 Å². The zero-order valence-corrected chi connectivity index (χ0v) is 5.86. The Morgan fingerprint density at radius 1 is 1.20 bits per heavy atom. The van der Waals surface area contributed by atoms with Crippen LogP contribution in [0.5, 0.6) is 0 Å². The summed E-state index contributed by atoms with van der Waals surface area (Å²) in [5.74, 6) is 0. The summed E-state index contributed by atoms with van der Waals surface area (Å²) in [7, 11) is 0. The van der Waals surface area contributed by atoms with E-state index in [0.717, 1.165) is 0 Å². The van der Waals surface area contributed by atoms with Crippen molar-refractivity contribution in [2.24, 2.45) is 0 Å². The fourth-order valence-electron chi connectivity index (χ4n) is 1.07. The third-order valence-electron chi connectivity index (χ3n) is 1.91. The van der Waals surface area contributed by atoms with E-state index in [4.69, 9.17) is 15.3 Å². The summed E-state index contributed by atoms with van der Waals surface area (Å²) < 4.78 is 0. The van der Waals surface area contributed by atoms with Crippen LogP contribution in [0.15, 0.2) is 0 Å². The molecule has 1 fully saturated rings. The highest BCUT2D eigenvalue weighted by atomic mass is 16.4. The molecular formula is C6H13NO3. The van der Waals surface area contributed by atoms with Gasteiger partial charge in [-0.1, -0.05) is 0 Å². The summed E-state index contributed by atoms with van der Waals surface area (Å²) >= 11 is 0. The molecule has 1 heterocycles. The van der Waals surface area contributed by atoms with Crippen molar-refractivity contribution in [2.75, 3.05) is 6.54 Å². The zero-order chi connectivity index (χ0) is 7.72. The number of aliphatic hydroxyl groups excluding tert-OH is 3. The topological polar surface area (TPSA) is 72.7 Å². The fraction of sp³-hybridized carbons (Fsp3) is 1.00. The molecule has 1 aliphatic heterocycles. The largest absolute Gasteiger partial charge is 0.389 e. The molecule has 4 atom stereocenters. The van der Waals surface area contributed by atoms with Crippen LogP contribution in [0.2, 0.25) is 0 Å². The molecule has 1 aliphatic rings. The molecule has 0 aliphatic carbocycles. The van der Waals surface area contributed by atoms with Crippen molar-refractivity contribution in [1.29, 1.82) is 0 Å². The molecule has 0 radical (unpaired) electrons. The molecule has 0 aromatic carbocycles. The minimum absolute atomic E-state index is 0.140. The molecule has 0 spiro atoms. The maximum atomic E-state index is 9.14. The smallest absolute Gasteiger partial charge is 0.108 e. The molecule has 4 nitrogen and oxygen atoms in total. The minimum atomic E-state index is -1.00. The first-order valence-corrected chi connectivity index (χ1v) is 3.40. The molecular weight excluding hydrogens is 134 g/mol. The minimum Gasteiger partial charge on any atom is -0.389 e. The Labute approximate surface area is 59.5 Å². The van der Waals surface area contributed by atoms with E-state index in [9.17, 15) is 0 Å². The number of nitrogens with one attached hydrogen (secondary N) is 1. The first kappa shape index (κ1) is 7.94. The van der Waals surface area contributed by atoms with E-state index in [1.165, 1.54) is 0 Å². The summed E-state index contributed by atoms with van der Waals surface area (Å²) in [5, 5.41) is 30.1. The quantitative estimate of drug-likeness (QED) is 0.322. The molecule has 0 bridgehead atoms. The van der Waals surface area contributed by atoms with Gasteiger partial charge in [0.25, 0.3) is 0 Å². The second-order valence-corrected chi connectivity index (χ2v) is 2.75. The monoisotopic (exact) mass is 147 g/mol. The Morgan fingerprint density at radius 3 is 2.30 bits per heavy atom. The number of β-amino-alcohol motifs (C(OH)–C–C–N with tert-alkyl or cyclic N) is 1. The molecule has 10 heavy (non-hydrogen) atoms. The van der Waals surface area contributed by atoms with Crippen molar-refractivity contribution in [2.45, 2.75) is 31.3 Å². The Kier molecular flexibility index (Phi) is 2.25. The lowest BCUT2D eigenvalue weighted by Gasteiger charge is -2.33. The third kappa shape index (κ3) is 1.29. The highest BCUT2D eigenvalue weighted by molar-refractivity contribution is 4.89. The van der Waals surface area contributed by atoms with E-state index >= 15 is 0 Å². The van der Waals surface area contributed by atoms with E-state index in [0.29, 0.717) is 6.54 Å². The van der Waals surface area contributed by atoms with Crippen molar-refractivity contribution >= 4 is 0 Å². The molecule has 4 N–H and O–H groups in total. The lowest BCUT2D eigenvalue weighted by atomic mass is 9.98. The van der Waals surface area contributed by atoms with E-state index in [1.54, 1.807) is 6.92 Å². The van der Waals surface area contributed by atoms with Crippen LogP contribution >= 0.6 is 0 Å². The predicted octanol–water partition coefficient (Wildman–Crippen LogP) is -1.94. The number of hydrogen-bond acceptors (Lipinski definition) is 4. The normalized spacial score (nSPS) is 49.2. The number of aliphatic hydroxyl groups is 3. The summed E-state index contributed by atoms with van der Waals surface area (Å²) in [6, 6.07) is -0.140. The van der Waals surface area contributed by atoms with Gasteiger partial charge in [0.15, 0.2) is 0 Å². The zero-order valence-electron chi connectivity index (χ0n) is 5.86. The third-order valence-corrected chi connectivity index (χ3v) is 1.91. The molecule has 0 aromatic rings. The van der Waals surface area contributed by atoms with Gasteiger partial charge in [-0.3, -0.25) is 0 Å². The molecule has 0 unspecified atom stereocenters. The van der Waals surface area contributed by atoms with Gasteiger partial charge in [0.2, 0.25) is 0 Å². The lowest BCUT2D eigenvalue weighted by molar-refractivity contribution is -0.0910. The highest BCUT2D eigenvalue weighted by Crippen LogP contribution is 2.09. The molecule has 1 saturated heterocycles. The van der Waals surface area contributed by atoms with Crippen molar-refractivity contribution in [1.82, 2.24) is 5.32 Å². The number of hydrogen-bond donors (Lipinski definition) is 4. The van der Waals surface area contributed by atoms with Crippen LogP contribution in [0.25, 0.3) is 0 Å². The Hall–Kier alpha value is -0.160. The Balaban J connectivity index is 2.52. The van der Waals surface area contributed by atoms with Gasteiger partial charge >= 0.3 is 0 Å². The highest BCUT2D eigenvalue weighted by Gasteiger charge is 2.33. The second-order valence-electron chi connectivity index (χ2n) is 2.75. The summed E-state index contributed by atoms with van der Waals surface area (Å²) in [6.07, 6.45) is -2.70. The maximum Gasteiger partial charge on any atom is 0.108 e.